The maximum Gasteiger partial charge on any atom is 0.148 e. The zero-order chi connectivity index (χ0) is 14.7. The van der Waals surface area contributed by atoms with E-state index in [9.17, 15) is 0 Å². The fourth-order valence-electron chi connectivity index (χ4n) is 3.49. The smallest absolute Gasteiger partial charge is 0.148 e. The first-order valence-electron chi connectivity index (χ1n) is 8.28. The minimum absolute atomic E-state index is 0.527. The standard InChI is InChI=1S/C18H25N3/c1-3-15(14-9-5-4-6-10-14)20-18-13(2)19-16-11-7-8-12-17(16)21-18/h7-8,11-12,14-15H,3-6,9-10H2,1-2H3,(H,20,21). The summed E-state index contributed by atoms with van der Waals surface area (Å²) in [5.41, 5.74) is 2.96. The van der Waals surface area contributed by atoms with Gasteiger partial charge in [-0.2, -0.15) is 0 Å². The van der Waals surface area contributed by atoms with E-state index in [0.717, 1.165) is 34.9 Å². The molecule has 3 nitrogen and oxygen atoms in total. The van der Waals surface area contributed by atoms with Crippen LogP contribution in [0.2, 0.25) is 0 Å². The molecule has 1 aromatic heterocycles. The maximum atomic E-state index is 4.78. The van der Waals surface area contributed by atoms with Crippen LogP contribution in [0.4, 0.5) is 5.82 Å². The molecule has 1 N–H and O–H groups in total. The molecule has 3 heteroatoms. The van der Waals surface area contributed by atoms with Gasteiger partial charge in [-0.3, -0.25) is 0 Å². The highest BCUT2D eigenvalue weighted by atomic mass is 15.0. The average Bonchev–Trinajstić information content (AvgIpc) is 2.53. The zero-order valence-corrected chi connectivity index (χ0v) is 13.1. The molecule has 1 heterocycles. The van der Waals surface area contributed by atoms with Crippen LogP contribution >= 0.6 is 0 Å². The molecule has 0 saturated heterocycles. The van der Waals surface area contributed by atoms with E-state index in [0.29, 0.717) is 6.04 Å². The fourth-order valence-corrected chi connectivity index (χ4v) is 3.49. The predicted octanol–water partition coefficient (Wildman–Crippen LogP) is 4.71. The van der Waals surface area contributed by atoms with Gasteiger partial charge in [-0.15, -0.1) is 0 Å². The molecular formula is C18H25N3. The van der Waals surface area contributed by atoms with Crippen molar-refractivity contribution in [2.75, 3.05) is 5.32 Å². The normalized spacial score (nSPS) is 17.8. The molecule has 1 aliphatic carbocycles. The number of fused-ring (bicyclic) bond motifs is 1. The summed E-state index contributed by atoms with van der Waals surface area (Å²) < 4.78 is 0. The Morgan fingerprint density at radius 3 is 2.43 bits per heavy atom. The third-order valence-electron chi connectivity index (χ3n) is 4.73. The molecule has 0 amide bonds. The number of nitrogens with one attached hydrogen (secondary N) is 1. The van der Waals surface area contributed by atoms with Crippen LogP contribution in [-0.4, -0.2) is 16.0 Å². The number of nitrogens with zero attached hydrogens (tertiary/aromatic N) is 2. The van der Waals surface area contributed by atoms with Crippen molar-refractivity contribution in [3.8, 4) is 0 Å². The molecule has 1 aliphatic rings. The van der Waals surface area contributed by atoms with Gasteiger partial charge in [-0.1, -0.05) is 38.3 Å². The van der Waals surface area contributed by atoms with Crippen molar-refractivity contribution < 1.29 is 0 Å². The number of aromatic nitrogens is 2. The van der Waals surface area contributed by atoms with Gasteiger partial charge in [0, 0.05) is 6.04 Å². The molecule has 0 radical (unpaired) electrons. The van der Waals surface area contributed by atoms with Crippen molar-refractivity contribution in [2.45, 2.75) is 58.4 Å². The quantitative estimate of drug-likeness (QED) is 0.883. The van der Waals surface area contributed by atoms with E-state index in [4.69, 9.17) is 4.98 Å². The summed E-state index contributed by atoms with van der Waals surface area (Å²) in [5, 5.41) is 3.69. The predicted molar refractivity (Wildman–Crippen MR) is 88.6 cm³/mol. The molecule has 1 atom stereocenters. The first-order chi connectivity index (χ1) is 10.3. The Morgan fingerprint density at radius 1 is 1.10 bits per heavy atom. The molecule has 0 aliphatic heterocycles. The van der Waals surface area contributed by atoms with E-state index in [-0.39, 0.29) is 0 Å². The Bertz CT molecular complexity index is 602. The third-order valence-corrected chi connectivity index (χ3v) is 4.73. The van der Waals surface area contributed by atoms with E-state index < -0.39 is 0 Å². The summed E-state index contributed by atoms with van der Waals surface area (Å²) in [6.07, 6.45) is 8.02. The second-order valence-corrected chi connectivity index (χ2v) is 6.20. The van der Waals surface area contributed by atoms with Crippen LogP contribution in [-0.2, 0) is 0 Å². The van der Waals surface area contributed by atoms with Crippen LogP contribution in [0.3, 0.4) is 0 Å². The molecule has 112 valence electrons. The van der Waals surface area contributed by atoms with Crippen molar-refractivity contribution in [2.24, 2.45) is 5.92 Å². The number of hydrogen-bond acceptors (Lipinski definition) is 3. The number of para-hydroxylation sites is 2. The lowest BCUT2D eigenvalue weighted by Crippen LogP contribution is -2.30. The second kappa shape index (κ2) is 6.42. The van der Waals surface area contributed by atoms with Gasteiger partial charge in [0.15, 0.2) is 0 Å². The summed E-state index contributed by atoms with van der Waals surface area (Å²) in [7, 11) is 0. The van der Waals surface area contributed by atoms with Gasteiger partial charge in [-0.25, -0.2) is 9.97 Å². The first-order valence-corrected chi connectivity index (χ1v) is 8.28. The van der Waals surface area contributed by atoms with E-state index >= 15 is 0 Å². The molecule has 1 aromatic carbocycles. The van der Waals surface area contributed by atoms with Gasteiger partial charge >= 0.3 is 0 Å². The second-order valence-electron chi connectivity index (χ2n) is 6.20. The van der Waals surface area contributed by atoms with Crippen molar-refractivity contribution >= 4 is 16.9 Å². The lowest BCUT2D eigenvalue weighted by molar-refractivity contribution is 0.312. The van der Waals surface area contributed by atoms with E-state index in [2.05, 4.69) is 24.1 Å². The SMILES string of the molecule is CCC(Nc1nc2ccccc2nc1C)C1CCCCC1. The number of hydrogen-bond donors (Lipinski definition) is 1. The molecular weight excluding hydrogens is 258 g/mol. The Labute approximate surface area is 127 Å². The molecule has 21 heavy (non-hydrogen) atoms. The molecule has 1 unspecified atom stereocenters. The molecule has 1 saturated carbocycles. The molecule has 2 aromatic rings. The first kappa shape index (κ1) is 14.3. The Balaban J connectivity index is 1.83. The van der Waals surface area contributed by atoms with Gasteiger partial charge < -0.3 is 5.32 Å². The average molecular weight is 283 g/mol. The van der Waals surface area contributed by atoms with Gasteiger partial charge in [0.2, 0.25) is 0 Å². The number of rotatable bonds is 4. The van der Waals surface area contributed by atoms with Crippen molar-refractivity contribution in [1.82, 2.24) is 9.97 Å². The van der Waals surface area contributed by atoms with Crippen LogP contribution < -0.4 is 5.32 Å². The largest absolute Gasteiger partial charge is 0.366 e. The van der Waals surface area contributed by atoms with Crippen molar-refractivity contribution in [3.05, 3.63) is 30.0 Å². The highest BCUT2D eigenvalue weighted by Crippen LogP contribution is 2.30. The highest BCUT2D eigenvalue weighted by molar-refractivity contribution is 5.76. The Kier molecular flexibility index (Phi) is 4.37. The Morgan fingerprint density at radius 2 is 1.76 bits per heavy atom. The van der Waals surface area contributed by atoms with Gasteiger partial charge in [0.25, 0.3) is 0 Å². The summed E-state index contributed by atoms with van der Waals surface area (Å²) >= 11 is 0. The van der Waals surface area contributed by atoms with Gasteiger partial charge in [0.1, 0.15) is 5.82 Å². The van der Waals surface area contributed by atoms with Gasteiger partial charge in [-0.05, 0) is 44.2 Å². The summed E-state index contributed by atoms with van der Waals surface area (Å²) in [6, 6.07) is 8.63. The van der Waals surface area contributed by atoms with Crippen LogP contribution in [0.25, 0.3) is 11.0 Å². The maximum absolute atomic E-state index is 4.78. The molecule has 0 bridgehead atoms. The number of benzene rings is 1. The monoisotopic (exact) mass is 283 g/mol. The molecule has 3 rings (SSSR count). The minimum atomic E-state index is 0.527. The summed E-state index contributed by atoms with van der Waals surface area (Å²) in [5.74, 6) is 1.75. The van der Waals surface area contributed by atoms with Crippen LogP contribution in [0.5, 0.6) is 0 Å². The van der Waals surface area contributed by atoms with Gasteiger partial charge in [0.05, 0.1) is 16.7 Å². The zero-order valence-electron chi connectivity index (χ0n) is 13.1. The Hall–Kier alpha value is -1.64. The van der Waals surface area contributed by atoms with Crippen molar-refractivity contribution in [1.29, 1.82) is 0 Å². The number of aryl methyl sites for hydroxylation is 1. The lowest BCUT2D eigenvalue weighted by Gasteiger charge is -2.31. The van der Waals surface area contributed by atoms with E-state index in [1.54, 1.807) is 0 Å². The van der Waals surface area contributed by atoms with Crippen molar-refractivity contribution in [3.63, 3.8) is 0 Å². The topological polar surface area (TPSA) is 37.8 Å². The summed E-state index contributed by atoms with van der Waals surface area (Å²) in [6.45, 7) is 4.32. The minimum Gasteiger partial charge on any atom is -0.366 e. The third kappa shape index (κ3) is 3.17. The van der Waals surface area contributed by atoms with Crippen LogP contribution in [0.15, 0.2) is 24.3 Å². The van der Waals surface area contributed by atoms with E-state index in [1.165, 1.54) is 32.1 Å². The summed E-state index contributed by atoms with van der Waals surface area (Å²) in [4.78, 5) is 9.47. The van der Waals surface area contributed by atoms with Crippen LogP contribution in [0.1, 0.15) is 51.1 Å². The molecule has 0 spiro atoms. The van der Waals surface area contributed by atoms with Crippen LogP contribution in [0, 0.1) is 12.8 Å². The molecule has 1 fully saturated rings. The fraction of sp³-hybridized carbons (Fsp3) is 0.556. The lowest BCUT2D eigenvalue weighted by atomic mass is 9.83. The number of anilines is 1. The van der Waals surface area contributed by atoms with E-state index in [1.807, 2.05) is 24.3 Å². The highest BCUT2D eigenvalue weighted by Gasteiger charge is 2.23.